The Morgan fingerprint density at radius 3 is 2.56 bits per heavy atom. The molecule has 0 unspecified atom stereocenters. The number of amides is 1. The van der Waals surface area contributed by atoms with Gasteiger partial charge in [-0.3, -0.25) is 4.79 Å². The summed E-state index contributed by atoms with van der Waals surface area (Å²) in [6.45, 7) is 6.36. The second kappa shape index (κ2) is 5.55. The molecule has 0 heterocycles. The highest BCUT2D eigenvalue weighted by atomic mass is 16.1. The molecular weight excluding hydrogens is 222 g/mol. The standard InChI is InChI=1S/C16H23NO/c1-11-8-9-14(10-13(11)3)16(18)17-15-7-5-4-6-12(15)2/h8-10,12,15H,4-7H2,1-3H3,(H,17,18)/t12-,15-/m1/s1. The normalized spacial score (nSPS) is 23.7. The summed E-state index contributed by atoms with van der Waals surface area (Å²) in [6, 6.07) is 6.28. The molecule has 1 amide bonds. The zero-order valence-electron chi connectivity index (χ0n) is 11.6. The lowest BCUT2D eigenvalue weighted by atomic mass is 9.86. The maximum absolute atomic E-state index is 12.2. The molecule has 18 heavy (non-hydrogen) atoms. The van der Waals surface area contributed by atoms with Crippen LogP contribution in [0.3, 0.4) is 0 Å². The second-order valence-corrected chi connectivity index (χ2v) is 5.64. The number of nitrogens with one attached hydrogen (secondary N) is 1. The van der Waals surface area contributed by atoms with Gasteiger partial charge in [-0.25, -0.2) is 0 Å². The van der Waals surface area contributed by atoms with E-state index in [2.05, 4.69) is 26.1 Å². The van der Waals surface area contributed by atoms with Crippen LogP contribution in [0.1, 0.15) is 54.1 Å². The van der Waals surface area contributed by atoms with Crippen LogP contribution in [0.5, 0.6) is 0 Å². The van der Waals surface area contributed by atoms with Crippen molar-refractivity contribution in [3.05, 3.63) is 34.9 Å². The Hall–Kier alpha value is -1.31. The number of benzene rings is 1. The van der Waals surface area contributed by atoms with E-state index in [1.807, 2.05) is 18.2 Å². The van der Waals surface area contributed by atoms with Gasteiger partial charge in [-0.15, -0.1) is 0 Å². The van der Waals surface area contributed by atoms with Crippen molar-refractivity contribution in [2.45, 2.75) is 52.5 Å². The molecule has 0 aromatic heterocycles. The van der Waals surface area contributed by atoms with E-state index in [0.29, 0.717) is 12.0 Å². The molecule has 2 rings (SSSR count). The highest BCUT2D eigenvalue weighted by molar-refractivity contribution is 5.94. The average molecular weight is 245 g/mol. The highest BCUT2D eigenvalue weighted by Gasteiger charge is 2.23. The van der Waals surface area contributed by atoms with Crippen LogP contribution in [0.25, 0.3) is 0 Å². The van der Waals surface area contributed by atoms with Crippen LogP contribution in [-0.2, 0) is 0 Å². The van der Waals surface area contributed by atoms with Gasteiger partial charge in [0.2, 0.25) is 0 Å². The number of aryl methyl sites for hydroxylation is 2. The molecule has 1 saturated carbocycles. The second-order valence-electron chi connectivity index (χ2n) is 5.64. The molecule has 0 radical (unpaired) electrons. The molecule has 2 nitrogen and oxygen atoms in total. The van der Waals surface area contributed by atoms with Crippen LogP contribution in [0.2, 0.25) is 0 Å². The molecule has 1 aliphatic rings. The van der Waals surface area contributed by atoms with Gasteiger partial charge in [0.1, 0.15) is 0 Å². The van der Waals surface area contributed by atoms with Crippen molar-refractivity contribution in [3.63, 3.8) is 0 Å². The minimum absolute atomic E-state index is 0.0804. The topological polar surface area (TPSA) is 29.1 Å². The first-order valence-corrected chi connectivity index (χ1v) is 6.96. The smallest absolute Gasteiger partial charge is 0.251 e. The monoisotopic (exact) mass is 245 g/mol. The molecule has 0 saturated heterocycles. The Labute approximate surface area is 110 Å². The van der Waals surface area contributed by atoms with Crippen LogP contribution in [0.15, 0.2) is 18.2 Å². The molecule has 2 atom stereocenters. The summed E-state index contributed by atoms with van der Waals surface area (Å²) in [5, 5.41) is 3.19. The van der Waals surface area contributed by atoms with E-state index >= 15 is 0 Å². The molecule has 1 aromatic carbocycles. The Morgan fingerprint density at radius 2 is 1.89 bits per heavy atom. The van der Waals surface area contributed by atoms with Gasteiger partial charge in [-0.1, -0.05) is 25.8 Å². The van der Waals surface area contributed by atoms with E-state index in [9.17, 15) is 4.79 Å². The predicted molar refractivity (Wildman–Crippen MR) is 74.8 cm³/mol. The van der Waals surface area contributed by atoms with Gasteiger partial charge in [-0.05, 0) is 55.9 Å². The molecule has 1 fully saturated rings. The van der Waals surface area contributed by atoms with Gasteiger partial charge < -0.3 is 5.32 Å². The van der Waals surface area contributed by atoms with Gasteiger partial charge in [0.15, 0.2) is 0 Å². The van der Waals surface area contributed by atoms with Gasteiger partial charge in [-0.2, -0.15) is 0 Å². The maximum Gasteiger partial charge on any atom is 0.251 e. The van der Waals surface area contributed by atoms with E-state index < -0.39 is 0 Å². The third kappa shape index (κ3) is 2.92. The third-order valence-electron chi connectivity index (χ3n) is 4.20. The van der Waals surface area contributed by atoms with Crippen molar-refractivity contribution in [3.8, 4) is 0 Å². The van der Waals surface area contributed by atoms with Crippen molar-refractivity contribution in [1.29, 1.82) is 0 Å². The Balaban J connectivity index is 2.04. The van der Waals surface area contributed by atoms with E-state index in [1.54, 1.807) is 0 Å². The SMILES string of the molecule is Cc1ccc(C(=O)N[C@@H]2CCCC[C@H]2C)cc1C. The lowest BCUT2D eigenvalue weighted by Crippen LogP contribution is -2.41. The van der Waals surface area contributed by atoms with Crippen molar-refractivity contribution < 1.29 is 4.79 Å². The highest BCUT2D eigenvalue weighted by Crippen LogP contribution is 2.24. The number of rotatable bonds is 2. The van der Waals surface area contributed by atoms with Crippen molar-refractivity contribution in [1.82, 2.24) is 5.32 Å². The van der Waals surface area contributed by atoms with Crippen LogP contribution in [0.4, 0.5) is 0 Å². The average Bonchev–Trinajstić information content (AvgIpc) is 2.35. The molecule has 0 bridgehead atoms. The van der Waals surface area contributed by atoms with E-state index in [0.717, 1.165) is 12.0 Å². The van der Waals surface area contributed by atoms with E-state index in [1.165, 1.54) is 30.4 Å². The van der Waals surface area contributed by atoms with Crippen LogP contribution < -0.4 is 5.32 Å². The number of carbonyl (C=O) groups is 1. The Bertz CT molecular complexity index is 439. The van der Waals surface area contributed by atoms with Crippen LogP contribution in [-0.4, -0.2) is 11.9 Å². The van der Waals surface area contributed by atoms with Crippen LogP contribution >= 0.6 is 0 Å². The Kier molecular flexibility index (Phi) is 4.05. The molecule has 1 aliphatic carbocycles. The van der Waals surface area contributed by atoms with Crippen molar-refractivity contribution in [2.24, 2.45) is 5.92 Å². The minimum atomic E-state index is 0.0804. The van der Waals surface area contributed by atoms with Crippen LogP contribution in [0, 0.1) is 19.8 Å². The van der Waals surface area contributed by atoms with Crippen molar-refractivity contribution >= 4 is 5.91 Å². The quantitative estimate of drug-likeness (QED) is 0.847. The number of hydrogen-bond acceptors (Lipinski definition) is 1. The summed E-state index contributed by atoms with van der Waals surface area (Å²) < 4.78 is 0. The fourth-order valence-corrected chi connectivity index (χ4v) is 2.67. The number of carbonyl (C=O) groups excluding carboxylic acids is 1. The zero-order chi connectivity index (χ0) is 13.1. The maximum atomic E-state index is 12.2. The summed E-state index contributed by atoms with van der Waals surface area (Å²) in [6.07, 6.45) is 4.90. The van der Waals surface area contributed by atoms with E-state index in [-0.39, 0.29) is 5.91 Å². The molecule has 0 aliphatic heterocycles. The predicted octanol–water partition coefficient (Wildman–Crippen LogP) is 3.61. The third-order valence-corrected chi connectivity index (χ3v) is 4.20. The van der Waals surface area contributed by atoms with Gasteiger partial charge in [0, 0.05) is 11.6 Å². The zero-order valence-corrected chi connectivity index (χ0v) is 11.6. The first-order valence-electron chi connectivity index (χ1n) is 6.96. The molecular formula is C16H23NO. The fraction of sp³-hybridized carbons (Fsp3) is 0.562. The summed E-state index contributed by atoms with van der Waals surface area (Å²) in [7, 11) is 0. The molecule has 1 aromatic rings. The minimum Gasteiger partial charge on any atom is -0.349 e. The largest absolute Gasteiger partial charge is 0.349 e. The van der Waals surface area contributed by atoms with Gasteiger partial charge >= 0.3 is 0 Å². The lowest BCUT2D eigenvalue weighted by molar-refractivity contribution is 0.0910. The Morgan fingerprint density at radius 1 is 1.17 bits per heavy atom. The lowest BCUT2D eigenvalue weighted by Gasteiger charge is -2.29. The molecule has 0 spiro atoms. The first kappa shape index (κ1) is 13.1. The summed E-state index contributed by atoms with van der Waals surface area (Å²) in [5.41, 5.74) is 3.20. The summed E-state index contributed by atoms with van der Waals surface area (Å²) >= 11 is 0. The summed E-state index contributed by atoms with van der Waals surface area (Å²) in [4.78, 5) is 12.2. The number of hydrogen-bond donors (Lipinski definition) is 1. The summed E-state index contributed by atoms with van der Waals surface area (Å²) in [5.74, 6) is 0.686. The van der Waals surface area contributed by atoms with Gasteiger partial charge in [0.25, 0.3) is 5.91 Å². The fourth-order valence-electron chi connectivity index (χ4n) is 2.67. The molecule has 1 N–H and O–H groups in total. The molecule has 98 valence electrons. The first-order chi connectivity index (χ1) is 8.58. The molecule has 2 heteroatoms. The van der Waals surface area contributed by atoms with E-state index in [4.69, 9.17) is 0 Å². The van der Waals surface area contributed by atoms with Gasteiger partial charge in [0.05, 0.1) is 0 Å². The van der Waals surface area contributed by atoms with Crippen molar-refractivity contribution in [2.75, 3.05) is 0 Å².